The molecule has 0 aliphatic carbocycles. The lowest BCUT2D eigenvalue weighted by molar-refractivity contribution is -0.386. The number of ether oxygens (including phenoxy) is 3. The van der Waals surface area contributed by atoms with Gasteiger partial charge >= 0.3 is 5.69 Å². The summed E-state index contributed by atoms with van der Waals surface area (Å²) in [7, 11) is 4.06. The lowest BCUT2D eigenvalue weighted by atomic mass is 9.97. The van der Waals surface area contributed by atoms with Gasteiger partial charge in [-0.05, 0) is 25.0 Å². The van der Waals surface area contributed by atoms with Gasteiger partial charge in [0.2, 0.25) is 11.5 Å². The van der Waals surface area contributed by atoms with Crippen LogP contribution in [0.4, 0.5) is 5.69 Å². The van der Waals surface area contributed by atoms with E-state index in [4.69, 9.17) is 19.2 Å². The molecule has 0 saturated carbocycles. The Hall–Kier alpha value is -3.40. The highest BCUT2D eigenvalue weighted by atomic mass is 32.1. The second kappa shape index (κ2) is 8.99. The molecule has 0 N–H and O–H groups in total. The Morgan fingerprint density at radius 2 is 1.94 bits per heavy atom. The van der Waals surface area contributed by atoms with E-state index in [1.807, 2.05) is 24.3 Å². The highest BCUT2D eigenvalue weighted by molar-refractivity contribution is 7.18. The Bertz CT molecular complexity index is 1140. The predicted octanol–water partition coefficient (Wildman–Crippen LogP) is 4.25. The minimum atomic E-state index is -0.622. The standard InChI is InChI=1S/C22H23N3O6S/c1-29-16-11-14(18(25(27)28)20(31-3)19(16)30-2)22(26)24-10-6-7-13(12-24)21-23-15-8-4-5-9-17(15)32-21/h4-5,8-9,11,13H,6-7,10,12H2,1-3H3/t13-/m0/s1. The van der Waals surface area contributed by atoms with E-state index in [1.54, 1.807) is 16.2 Å². The third-order valence-electron chi connectivity index (χ3n) is 5.59. The fourth-order valence-electron chi connectivity index (χ4n) is 4.08. The molecule has 9 nitrogen and oxygen atoms in total. The van der Waals surface area contributed by atoms with Crippen molar-refractivity contribution < 1.29 is 23.9 Å². The van der Waals surface area contributed by atoms with Gasteiger partial charge in [0.05, 0.1) is 41.5 Å². The van der Waals surface area contributed by atoms with E-state index in [2.05, 4.69) is 0 Å². The number of nitrogens with zero attached hydrogens (tertiary/aromatic N) is 3. The number of hydrogen-bond donors (Lipinski definition) is 0. The quantitative estimate of drug-likeness (QED) is 0.403. The Labute approximate surface area is 188 Å². The number of likely N-dealkylation sites (tertiary alicyclic amines) is 1. The maximum absolute atomic E-state index is 13.5. The number of carbonyl (C=O) groups is 1. The first-order valence-electron chi connectivity index (χ1n) is 10.1. The number of thiazole rings is 1. The maximum Gasteiger partial charge on any atom is 0.327 e. The average Bonchev–Trinajstić information content (AvgIpc) is 3.26. The van der Waals surface area contributed by atoms with E-state index in [-0.39, 0.29) is 28.7 Å². The number of carbonyl (C=O) groups excluding carboxylic acids is 1. The van der Waals surface area contributed by atoms with Gasteiger partial charge in [0.15, 0.2) is 5.75 Å². The molecule has 1 atom stereocenters. The second-order valence-corrected chi connectivity index (χ2v) is 8.47. The molecule has 10 heteroatoms. The first-order chi connectivity index (χ1) is 15.5. The van der Waals surface area contributed by atoms with Gasteiger partial charge in [-0.15, -0.1) is 11.3 Å². The fourth-order valence-corrected chi connectivity index (χ4v) is 5.18. The molecule has 0 unspecified atom stereocenters. The summed E-state index contributed by atoms with van der Waals surface area (Å²) in [5, 5.41) is 12.9. The molecular formula is C22H23N3O6S. The van der Waals surface area contributed by atoms with Crippen molar-refractivity contribution in [3.05, 3.63) is 51.0 Å². The molecule has 32 heavy (non-hydrogen) atoms. The summed E-state index contributed by atoms with van der Waals surface area (Å²) in [4.78, 5) is 31.1. The van der Waals surface area contributed by atoms with E-state index in [0.717, 1.165) is 28.1 Å². The monoisotopic (exact) mass is 457 g/mol. The largest absolute Gasteiger partial charge is 0.493 e. The van der Waals surface area contributed by atoms with Gasteiger partial charge in [-0.3, -0.25) is 14.9 Å². The lowest BCUT2D eigenvalue weighted by Crippen LogP contribution is -2.39. The zero-order valence-corrected chi connectivity index (χ0v) is 18.8. The summed E-state index contributed by atoms with van der Waals surface area (Å²) in [5.74, 6) is -0.241. The van der Waals surface area contributed by atoms with Crippen LogP contribution in [-0.2, 0) is 0 Å². The number of aromatic nitrogens is 1. The molecule has 0 radical (unpaired) electrons. The smallest absolute Gasteiger partial charge is 0.327 e. The zero-order chi connectivity index (χ0) is 22.8. The van der Waals surface area contributed by atoms with Crippen molar-refractivity contribution in [2.45, 2.75) is 18.8 Å². The third kappa shape index (κ3) is 3.81. The van der Waals surface area contributed by atoms with Crippen LogP contribution in [0.1, 0.15) is 34.1 Å². The number of amides is 1. The predicted molar refractivity (Wildman–Crippen MR) is 120 cm³/mol. The molecule has 1 aliphatic heterocycles. The molecule has 168 valence electrons. The van der Waals surface area contributed by atoms with Gasteiger partial charge in [0, 0.05) is 25.1 Å². The zero-order valence-electron chi connectivity index (χ0n) is 18.0. The minimum Gasteiger partial charge on any atom is -0.493 e. The van der Waals surface area contributed by atoms with Gasteiger partial charge in [0.25, 0.3) is 5.91 Å². The molecular weight excluding hydrogens is 434 g/mol. The fraction of sp³-hybridized carbons (Fsp3) is 0.364. The summed E-state index contributed by atoms with van der Waals surface area (Å²) < 4.78 is 16.9. The number of benzene rings is 2. The van der Waals surface area contributed by atoms with Crippen LogP contribution in [0.25, 0.3) is 10.2 Å². The van der Waals surface area contributed by atoms with Crippen LogP contribution in [0.2, 0.25) is 0 Å². The van der Waals surface area contributed by atoms with E-state index in [1.165, 1.54) is 27.4 Å². The van der Waals surface area contributed by atoms with Crippen molar-refractivity contribution in [3.63, 3.8) is 0 Å². The molecule has 0 spiro atoms. The molecule has 1 aliphatic rings. The molecule has 3 aromatic rings. The van der Waals surface area contributed by atoms with Crippen molar-refractivity contribution in [2.24, 2.45) is 0 Å². The Morgan fingerprint density at radius 3 is 2.59 bits per heavy atom. The van der Waals surface area contributed by atoms with Crippen LogP contribution in [-0.4, -0.2) is 55.1 Å². The molecule has 1 amide bonds. The van der Waals surface area contributed by atoms with E-state index in [9.17, 15) is 14.9 Å². The highest BCUT2D eigenvalue weighted by Gasteiger charge is 2.36. The third-order valence-corrected chi connectivity index (χ3v) is 6.78. The average molecular weight is 458 g/mol. The van der Waals surface area contributed by atoms with Crippen molar-refractivity contribution in [1.82, 2.24) is 9.88 Å². The normalized spacial score (nSPS) is 16.1. The number of rotatable bonds is 6. The van der Waals surface area contributed by atoms with Crippen molar-refractivity contribution in [1.29, 1.82) is 0 Å². The first kappa shape index (κ1) is 21.8. The number of para-hydroxylation sites is 1. The Morgan fingerprint density at radius 1 is 1.19 bits per heavy atom. The number of piperidine rings is 1. The summed E-state index contributed by atoms with van der Waals surface area (Å²) in [6.07, 6.45) is 1.69. The molecule has 1 saturated heterocycles. The first-order valence-corrected chi connectivity index (χ1v) is 10.9. The summed E-state index contributed by atoms with van der Waals surface area (Å²) >= 11 is 1.62. The van der Waals surface area contributed by atoms with Crippen molar-refractivity contribution in [2.75, 3.05) is 34.4 Å². The SMILES string of the molecule is COc1cc(C(=O)N2CCC[C@H](c3nc4ccccc4s3)C2)c([N+](=O)[O-])c(OC)c1OC. The van der Waals surface area contributed by atoms with E-state index in [0.29, 0.717) is 13.1 Å². The van der Waals surface area contributed by atoms with Crippen LogP contribution in [0.15, 0.2) is 30.3 Å². The maximum atomic E-state index is 13.5. The lowest BCUT2D eigenvalue weighted by Gasteiger charge is -2.32. The Balaban J connectivity index is 1.69. The van der Waals surface area contributed by atoms with Crippen LogP contribution >= 0.6 is 11.3 Å². The molecule has 2 aromatic carbocycles. The van der Waals surface area contributed by atoms with Crippen LogP contribution in [0.3, 0.4) is 0 Å². The second-order valence-electron chi connectivity index (χ2n) is 7.41. The summed E-state index contributed by atoms with van der Waals surface area (Å²) in [5.41, 5.74) is 0.419. The van der Waals surface area contributed by atoms with Crippen molar-refractivity contribution in [3.8, 4) is 17.2 Å². The molecule has 1 fully saturated rings. The van der Waals surface area contributed by atoms with Gasteiger partial charge in [-0.25, -0.2) is 4.98 Å². The minimum absolute atomic E-state index is 0.0734. The van der Waals surface area contributed by atoms with Crippen molar-refractivity contribution >= 4 is 33.1 Å². The van der Waals surface area contributed by atoms with Gasteiger partial charge in [0.1, 0.15) is 5.56 Å². The number of methoxy groups -OCH3 is 3. The number of nitro groups is 1. The van der Waals surface area contributed by atoms with Crippen LogP contribution in [0.5, 0.6) is 17.2 Å². The highest BCUT2D eigenvalue weighted by Crippen LogP contribution is 2.47. The van der Waals surface area contributed by atoms with Crippen LogP contribution in [0, 0.1) is 10.1 Å². The van der Waals surface area contributed by atoms with Gasteiger partial charge in [-0.1, -0.05) is 12.1 Å². The molecule has 2 heterocycles. The summed E-state index contributed by atoms with van der Waals surface area (Å²) in [6.45, 7) is 0.945. The number of nitro benzene ring substituents is 1. The number of fused-ring (bicyclic) bond motifs is 1. The molecule has 4 rings (SSSR count). The Kier molecular flexibility index (Phi) is 6.13. The van der Waals surface area contributed by atoms with Gasteiger partial charge < -0.3 is 19.1 Å². The molecule has 0 bridgehead atoms. The molecule has 1 aromatic heterocycles. The van der Waals surface area contributed by atoms with Gasteiger partial charge in [-0.2, -0.15) is 0 Å². The number of hydrogen-bond acceptors (Lipinski definition) is 8. The van der Waals surface area contributed by atoms with Crippen LogP contribution < -0.4 is 14.2 Å². The summed E-state index contributed by atoms with van der Waals surface area (Å²) in [6, 6.07) is 9.28. The van der Waals surface area contributed by atoms with E-state index < -0.39 is 16.5 Å². The topological polar surface area (TPSA) is 104 Å². The van der Waals surface area contributed by atoms with E-state index >= 15 is 0 Å².